The SMILES string of the molecule is NNC(=O)C(O)(c1ccccc1)C(F)(F)F. The lowest BCUT2D eigenvalue weighted by molar-refractivity contribution is -0.257. The van der Waals surface area contributed by atoms with Crippen molar-refractivity contribution in [1.82, 2.24) is 5.43 Å². The molecule has 1 amide bonds. The summed E-state index contributed by atoms with van der Waals surface area (Å²) < 4.78 is 38.0. The van der Waals surface area contributed by atoms with Gasteiger partial charge in [0, 0.05) is 5.56 Å². The van der Waals surface area contributed by atoms with Crippen LogP contribution in [0.3, 0.4) is 0 Å². The van der Waals surface area contributed by atoms with Crippen LogP contribution >= 0.6 is 0 Å². The molecule has 1 aromatic carbocycles. The van der Waals surface area contributed by atoms with E-state index in [1.54, 1.807) is 0 Å². The first-order valence-corrected chi connectivity index (χ1v) is 4.19. The summed E-state index contributed by atoms with van der Waals surface area (Å²) in [4.78, 5) is 11.1. The number of amides is 1. The topological polar surface area (TPSA) is 75.3 Å². The second kappa shape index (κ2) is 4.11. The molecular formula is C9H9F3N2O2. The van der Waals surface area contributed by atoms with Gasteiger partial charge in [-0.3, -0.25) is 10.2 Å². The average Bonchev–Trinajstić information content (AvgIpc) is 2.26. The maximum atomic E-state index is 12.7. The number of hydrazine groups is 1. The second-order valence-electron chi connectivity index (χ2n) is 3.05. The van der Waals surface area contributed by atoms with Gasteiger partial charge < -0.3 is 5.11 Å². The van der Waals surface area contributed by atoms with E-state index in [2.05, 4.69) is 5.84 Å². The van der Waals surface area contributed by atoms with Crippen LogP contribution in [0.4, 0.5) is 13.2 Å². The predicted octanol–water partition coefficient (Wildman–Crippen LogP) is 0.426. The lowest BCUT2D eigenvalue weighted by Crippen LogP contribution is -2.56. The van der Waals surface area contributed by atoms with Crippen LogP contribution in [0.25, 0.3) is 0 Å². The zero-order valence-electron chi connectivity index (χ0n) is 7.95. The number of carbonyl (C=O) groups excluding carboxylic acids is 1. The number of nitrogens with one attached hydrogen (secondary N) is 1. The Morgan fingerprint density at radius 2 is 1.75 bits per heavy atom. The molecule has 0 radical (unpaired) electrons. The summed E-state index contributed by atoms with van der Waals surface area (Å²) in [5.41, 5.74) is -2.93. The first kappa shape index (κ1) is 12.5. The van der Waals surface area contributed by atoms with E-state index in [0.29, 0.717) is 0 Å². The highest BCUT2D eigenvalue weighted by molar-refractivity contribution is 5.86. The van der Waals surface area contributed by atoms with Gasteiger partial charge in [-0.25, -0.2) is 5.84 Å². The van der Waals surface area contributed by atoms with E-state index in [-0.39, 0.29) is 0 Å². The fourth-order valence-corrected chi connectivity index (χ4v) is 1.21. The Labute approximate surface area is 88.8 Å². The minimum Gasteiger partial charge on any atom is -0.368 e. The second-order valence-corrected chi connectivity index (χ2v) is 3.05. The molecule has 1 unspecified atom stereocenters. The van der Waals surface area contributed by atoms with E-state index in [9.17, 15) is 23.1 Å². The Balaban J connectivity index is 3.32. The molecule has 4 nitrogen and oxygen atoms in total. The summed E-state index contributed by atoms with van der Waals surface area (Å²) in [7, 11) is 0. The van der Waals surface area contributed by atoms with Crippen molar-refractivity contribution in [1.29, 1.82) is 0 Å². The number of alkyl halides is 3. The molecule has 0 heterocycles. The van der Waals surface area contributed by atoms with Gasteiger partial charge in [0.1, 0.15) is 0 Å². The zero-order valence-corrected chi connectivity index (χ0v) is 7.95. The summed E-state index contributed by atoms with van der Waals surface area (Å²) in [5, 5.41) is 9.47. The van der Waals surface area contributed by atoms with Crippen molar-refractivity contribution < 1.29 is 23.1 Å². The quantitative estimate of drug-likeness (QED) is 0.394. The predicted molar refractivity (Wildman–Crippen MR) is 48.7 cm³/mol. The molecule has 4 N–H and O–H groups in total. The van der Waals surface area contributed by atoms with Crippen molar-refractivity contribution in [2.24, 2.45) is 5.84 Å². The van der Waals surface area contributed by atoms with Crippen LogP contribution in [-0.2, 0) is 10.4 Å². The summed E-state index contributed by atoms with van der Waals surface area (Å²) in [6.45, 7) is 0. The van der Waals surface area contributed by atoms with Gasteiger partial charge in [-0.05, 0) is 0 Å². The van der Waals surface area contributed by atoms with E-state index in [0.717, 1.165) is 12.1 Å². The van der Waals surface area contributed by atoms with Gasteiger partial charge in [0.05, 0.1) is 0 Å². The number of benzene rings is 1. The standard InChI is InChI=1S/C9H9F3N2O2/c10-9(11,12)8(16,7(15)14-13)6-4-2-1-3-5-6/h1-5,16H,13H2,(H,14,15). The van der Waals surface area contributed by atoms with Gasteiger partial charge in [-0.1, -0.05) is 30.3 Å². The molecule has 0 aromatic heterocycles. The molecule has 1 atom stereocenters. The number of carbonyl (C=O) groups is 1. The van der Waals surface area contributed by atoms with E-state index < -0.39 is 23.2 Å². The van der Waals surface area contributed by atoms with Crippen molar-refractivity contribution in [2.75, 3.05) is 0 Å². The van der Waals surface area contributed by atoms with Crippen LogP contribution in [0.15, 0.2) is 30.3 Å². The maximum Gasteiger partial charge on any atom is 0.430 e. The lowest BCUT2D eigenvalue weighted by Gasteiger charge is -2.28. The van der Waals surface area contributed by atoms with Crippen LogP contribution < -0.4 is 11.3 Å². The van der Waals surface area contributed by atoms with Crippen LogP contribution in [0.2, 0.25) is 0 Å². The number of hydrogen-bond donors (Lipinski definition) is 3. The molecule has 0 aliphatic heterocycles. The van der Waals surface area contributed by atoms with Crippen molar-refractivity contribution in [3.8, 4) is 0 Å². The Kier molecular flexibility index (Phi) is 3.20. The number of halogens is 3. The third-order valence-corrected chi connectivity index (χ3v) is 2.06. The molecule has 88 valence electrons. The molecule has 0 aliphatic carbocycles. The smallest absolute Gasteiger partial charge is 0.368 e. The number of rotatable bonds is 2. The molecule has 0 saturated heterocycles. The Hall–Kier alpha value is -1.60. The summed E-state index contributed by atoms with van der Waals surface area (Å²) in [5.74, 6) is 2.90. The van der Waals surface area contributed by atoms with Crippen molar-refractivity contribution in [2.45, 2.75) is 11.8 Å². The zero-order chi connectivity index (χ0) is 12.4. The van der Waals surface area contributed by atoms with Crippen LogP contribution in [0.1, 0.15) is 5.56 Å². The molecule has 0 saturated carbocycles. The Morgan fingerprint density at radius 1 is 1.25 bits per heavy atom. The third-order valence-electron chi connectivity index (χ3n) is 2.06. The van der Waals surface area contributed by atoms with Gasteiger partial charge in [0.15, 0.2) is 0 Å². The van der Waals surface area contributed by atoms with E-state index in [1.807, 2.05) is 0 Å². The molecule has 0 bridgehead atoms. The molecule has 16 heavy (non-hydrogen) atoms. The van der Waals surface area contributed by atoms with Gasteiger partial charge in [-0.2, -0.15) is 13.2 Å². The summed E-state index contributed by atoms with van der Waals surface area (Å²) in [6, 6.07) is 5.98. The van der Waals surface area contributed by atoms with Crippen LogP contribution in [0, 0.1) is 0 Å². The molecule has 0 spiro atoms. The van der Waals surface area contributed by atoms with Gasteiger partial charge in [-0.15, -0.1) is 0 Å². The number of nitrogens with two attached hydrogens (primary N) is 1. The minimum absolute atomic E-state index is 0.592. The summed E-state index contributed by atoms with van der Waals surface area (Å²) >= 11 is 0. The fourth-order valence-electron chi connectivity index (χ4n) is 1.21. The molecule has 1 rings (SSSR count). The highest BCUT2D eigenvalue weighted by Gasteiger charge is 2.60. The third kappa shape index (κ3) is 1.86. The average molecular weight is 234 g/mol. The largest absolute Gasteiger partial charge is 0.430 e. The molecule has 7 heteroatoms. The van der Waals surface area contributed by atoms with Crippen molar-refractivity contribution in [3.63, 3.8) is 0 Å². The first-order valence-electron chi connectivity index (χ1n) is 4.19. The summed E-state index contributed by atoms with van der Waals surface area (Å²) in [6.07, 6.45) is -5.15. The Bertz CT molecular complexity index is 380. The van der Waals surface area contributed by atoms with Crippen molar-refractivity contribution >= 4 is 5.91 Å². The maximum absolute atomic E-state index is 12.7. The number of aliphatic hydroxyl groups is 1. The van der Waals surface area contributed by atoms with E-state index in [1.165, 1.54) is 23.6 Å². The highest BCUT2D eigenvalue weighted by atomic mass is 19.4. The fraction of sp³-hybridized carbons (Fsp3) is 0.222. The van der Waals surface area contributed by atoms with E-state index >= 15 is 0 Å². The van der Waals surface area contributed by atoms with Gasteiger partial charge in [0.25, 0.3) is 11.5 Å². The molecular weight excluding hydrogens is 225 g/mol. The molecule has 0 aliphatic rings. The van der Waals surface area contributed by atoms with E-state index in [4.69, 9.17) is 0 Å². The molecule has 1 aromatic rings. The van der Waals surface area contributed by atoms with Crippen LogP contribution in [0.5, 0.6) is 0 Å². The van der Waals surface area contributed by atoms with Gasteiger partial charge in [0.2, 0.25) is 0 Å². The van der Waals surface area contributed by atoms with Crippen LogP contribution in [-0.4, -0.2) is 17.2 Å². The van der Waals surface area contributed by atoms with Crippen molar-refractivity contribution in [3.05, 3.63) is 35.9 Å². The molecule has 0 fully saturated rings. The highest BCUT2D eigenvalue weighted by Crippen LogP contribution is 2.38. The lowest BCUT2D eigenvalue weighted by atomic mass is 9.92. The Morgan fingerprint density at radius 3 is 2.12 bits per heavy atom. The number of hydrogen-bond acceptors (Lipinski definition) is 3. The monoisotopic (exact) mass is 234 g/mol. The normalized spacial score (nSPS) is 15.3. The minimum atomic E-state index is -5.15. The first-order chi connectivity index (χ1) is 7.34. The van der Waals surface area contributed by atoms with Gasteiger partial charge >= 0.3 is 6.18 Å².